The van der Waals surface area contributed by atoms with E-state index in [1.54, 1.807) is 6.07 Å². The van der Waals surface area contributed by atoms with Gasteiger partial charge in [-0.15, -0.1) is 0 Å². The lowest BCUT2D eigenvalue weighted by atomic mass is 9.95. The van der Waals surface area contributed by atoms with Gasteiger partial charge in [-0.2, -0.15) is 18.2 Å². The van der Waals surface area contributed by atoms with Gasteiger partial charge in [-0.3, -0.25) is 4.79 Å². The van der Waals surface area contributed by atoms with Crippen LogP contribution >= 0.6 is 0 Å². The summed E-state index contributed by atoms with van der Waals surface area (Å²) in [7, 11) is 0. The highest BCUT2D eigenvalue weighted by Gasteiger charge is 2.43. The predicted octanol–water partition coefficient (Wildman–Crippen LogP) is 4.18. The monoisotopic (exact) mass is 580 g/mol. The molecule has 13 heteroatoms. The molecule has 0 unspecified atom stereocenters. The zero-order valence-electron chi connectivity index (χ0n) is 23.9. The molecule has 1 saturated heterocycles. The standard InChI is InChI=1S/C28H43F3N8O2/c1-20-17-25(36-22-10-15-39(16-11-22)26(40)28(29,30)31)37-27(35-20)34-19-23-18-24(41-38-23)9-5-12-32-13-6-14-33-21-7-3-2-4-8-21/h17-18,21-22,32-33H,2-16,19H2,1H3,(H2,34,35,36,37). The fraction of sp³-hybridized carbons (Fsp3) is 0.714. The predicted molar refractivity (Wildman–Crippen MR) is 151 cm³/mol. The van der Waals surface area contributed by atoms with Crippen LogP contribution in [0.25, 0.3) is 0 Å². The first-order chi connectivity index (χ1) is 19.8. The molecular formula is C28H43F3N8O2. The van der Waals surface area contributed by atoms with Crippen molar-refractivity contribution in [1.82, 2.24) is 30.7 Å². The molecule has 0 radical (unpaired) electrons. The van der Waals surface area contributed by atoms with E-state index in [2.05, 4.69) is 36.4 Å². The fourth-order valence-electron chi connectivity index (χ4n) is 5.40. The van der Waals surface area contributed by atoms with Crippen LogP contribution in [-0.2, 0) is 17.8 Å². The Balaban J connectivity index is 1.11. The third kappa shape index (κ3) is 10.4. The molecule has 2 aromatic heterocycles. The van der Waals surface area contributed by atoms with Crippen molar-refractivity contribution >= 4 is 17.7 Å². The highest BCUT2D eigenvalue weighted by molar-refractivity contribution is 5.81. The Morgan fingerprint density at radius 3 is 2.51 bits per heavy atom. The molecule has 4 N–H and O–H groups in total. The lowest BCUT2D eigenvalue weighted by Crippen LogP contribution is -2.47. The highest BCUT2D eigenvalue weighted by atomic mass is 19.4. The number of carbonyl (C=O) groups excluding carboxylic acids is 1. The number of rotatable bonds is 14. The molecule has 1 amide bonds. The number of nitrogens with one attached hydrogen (secondary N) is 4. The van der Waals surface area contributed by atoms with E-state index in [-0.39, 0.29) is 19.1 Å². The Morgan fingerprint density at radius 1 is 1.00 bits per heavy atom. The number of hydrogen-bond donors (Lipinski definition) is 4. The lowest BCUT2D eigenvalue weighted by Gasteiger charge is -2.33. The van der Waals surface area contributed by atoms with E-state index >= 15 is 0 Å². The molecule has 0 atom stereocenters. The normalized spacial score (nSPS) is 17.1. The second-order valence-electron chi connectivity index (χ2n) is 11.1. The summed E-state index contributed by atoms with van der Waals surface area (Å²) >= 11 is 0. The number of amides is 1. The van der Waals surface area contributed by atoms with Crippen molar-refractivity contribution in [3.63, 3.8) is 0 Å². The Morgan fingerprint density at radius 2 is 1.76 bits per heavy atom. The van der Waals surface area contributed by atoms with Gasteiger partial charge < -0.3 is 30.7 Å². The van der Waals surface area contributed by atoms with E-state index in [1.807, 2.05) is 13.0 Å². The molecule has 1 aliphatic carbocycles. The number of hydrogen-bond acceptors (Lipinski definition) is 9. The summed E-state index contributed by atoms with van der Waals surface area (Å²) in [6.45, 7) is 5.36. The lowest BCUT2D eigenvalue weighted by molar-refractivity contribution is -0.186. The number of aryl methyl sites for hydroxylation is 2. The van der Waals surface area contributed by atoms with E-state index < -0.39 is 12.1 Å². The topological polar surface area (TPSA) is 120 Å². The molecule has 228 valence electrons. The van der Waals surface area contributed by atoms with Crippen LogP contribution in [0.5, 0.6) is 0 Å². The molecule has 3 heterocycles. The number of aromatic nitrogens is 3. The van der Waals surface area contributed by atoms with Crippen LogP contribution in [-0.4, -0.2) is 76.9 Å². The maximum absolute atomic E-state index is 12.7. The summed E-state index contributed by atoms with van der Waals surface area (Å²) in [6.07, 6.45) is 5.64. The number of anilines is 2. The third-order valence-electron chi connectivity index (χ3n) is 7.61. The Labute approximate surface area is 239 Å². The molecule has 41 heavy (non-hydrogen) atoms. The van der Waals surface area contributed by atoms with E-state index in [0.717, 1.165) is 67.0 Å². The molecule has 1 aliphatic heterocycles. The number of carbonyl (C=O) groups is 1. The quantitative estimate of drug-likeness (QED) is 0.244. The number of piperidine rings is 1. The van der Waals surface area contributed by atoms with Gasteiger partial charge in [0.1, 0.15) is 17.3 Å². The van der Waals surface area contributed by atoms with Gasteiger partial charge in [0.25, 0.3) is 0 Å². The smallest absolute Gasteiger partial charge is 0.367 e. The summed E-state index contributed by atoms with van der Waals surface area (Å²) in [5.41, 5.74) is 1.50. The van der Waals surface area contributed by atoms with Crippen molar-refractivity contribution in [3.8, 4) is 0 Å². The maximum Gasteiger partial charge on any atom is 0.471 e. The Kier molecular flexibility index (Phi) is 11.6. The summed E-state index contributed by atoms with van der Waals surface area (Å²) in [5, 5.41) is 17.8. The number of alkyl halides is 3. The molecular weight excluding hydrogens is 537 g/mol. The van der Waals surface area contributed by atoms with Crippen molar-refractivity contribution in [1.29, 1.82) is 0 Å². The summed E-state index contributed by atoms with van der Waals surface area (Å²) < 4.78 is 43.5. The first kappa shape index (κ1) is 31.0. The number of halogens is 3. The first-order valence-electron chi connectivity index (χ1n) is 14.9. The molecule has 10 nitrogen and oxygen atoms in total. The van der Waals surface area contributed by atoms with Gasteiger partial charge in [-0.25, -0.2) is 4.98 Å². The summed E-state index contributed by atoms with van der Waals surface area (Å²) in [6, 6.07) is 4.36. The van der Waals surface area contributed by atoms with Gasteiger partial charge in [-0.05, 0) is 65.1 Å². The van der Waals surface area contributed by atoms with Crippen LogP contribution in [0.4, 0.5) is 24.9 Å². The average Bonchev–Trinajstić information content (AvgIpc) is 3.41. The third-order valence-corrected chi connectivity index (χ3v) is 7.61. The molecule has 4 rings (SSSR count). The Bertz CT molecular complexity index is 1080. The number of likely N-dealkylation sites (tertiary alicyclic amines) is 1. The average molecular weight is 581 g/mol. The molecule has 0 aromatic carbocycles. The molecule has 2 fully saturated rings. The molecule has 0 bridgehead atoms. The summed E-state index contributed by atoms with van der Waals surface area (Å²) in [4.78, 5) is 21.2. The van der Waals surface area contributed by atoms with Gasteiger partial charge in [0.15, 0.2) is 0 Å². The van der Waals surface area contributed by atoms with Crippen LogP contribution in [0.3, 0.4) is 0 Å². The van der Waals surface area contributed by atoms with Crippen LogP contribution in [0.2, 0.25) is 0 Å². The minimum absolute atomic E-state index is 0.0492. The van der Waals surface area contributed by atoms with Gasteiger partial charge in [0.2, 0.25) is 5.95 Å². The second-order valence-corrected chi connectivity index (χ2v) is 11.1. The van der Waals surface area contributed by atoms with Crippen LogP contribution in [0.1, 0.15) is 74.9 Å². The Hall–Kier alpha value is -2.93. The number of nitrogens with zero attached hydrogens (tertiary/aromatic N) is 4. The zero-order chi connectivity index (χ0) is 29.1. The van der Waals surface area contributed by atoms with Crippen molar-refractivity contribution in [2.45, 2.75) is 95.9 Å². The highest BCUT2D eigenvalue weighted by Crippen LogP contribution is 2.23. The molecule has 2 aliphatic rings. The van der Waals surface area contributed by atoms with Crippen LogP contribution in [0, 0.1) is 6.92 Å². The van der Waals surface area contributed by atoms with Gasteiger partial charge in [-0.1, -0.05) is 24.4 Å². The first-order valence-corrected chi connectivity index (χ1v) is 14.9. The minimum Gasteiger partial charge on any atom is -0.367 e. The second kappa shape index (κ2) is 15.3. The fourth-order valence-corrected chi connectivity index (χ4v) is 5.40. The van der Waals surface area contributed by atoms with Crippen LogP contribution in [0.15, 0.2) is 16.7 Å². The van der Waals surface area contributed by atoms with E-state index in [1.165, 1.54) is 32.1 Å². The molecule has 1 saturated carbocycles. The van der Waals surface area contributed by atoms with E-state index in [0.29, 0.717) is 31.2 Å². The van der Waals surface area contributed by atoms with E-state index in [9.17, 15) is 18.0 Å². The maximum atomic E-state index is 12.7. The van der Waals surface area contributed by atoms with E-state index in [4.69, 9.17) is 4.52 Å². The summed E-state index contributed by atoms with van der Waals surface area (Å²) in [5.74, 6) is 0.0639. The van der Waals surface area contributed by atoms with Crippen molar-refractivity contribution < 1.29 is 22.5 Å². The van der Waals surface area contributed by atoms with Crippen LogP contribution < -0.4 is 21.3 Å². The molecule has 2 aromatic rings. The van der Waals surface area contributed by atoms with Gasteiger partial charge in [0, 0.05) is 49.4 Å². The largest absolute Gasteiger partial charge is 0.471 e. The zero-order valence-corrected chi connectivity index (χ0v) is 23.9. The van der Waals surface area contributed by atoms with Crippen molar-refractivity contribution in [2.24, 2.45) is 0 Å². The van der Waals surface area contributed by atoms with Crippen molar-refractivity contribution in [2.75, 3.05) is 43.4 Å². The SMILES string of the molecule is Cc1cc(NC2CCN(C(=O)C(F)(F)F)CC2)nc(NCc2cc(CCCNCCCNC3CCCCC3)on2)n1. The molecule has 0 spiro atoms. The minimum atomic E-state index is -4.84. The van der Waals surface area contributed by atoms with Crippen molar-refractivity contribution in [3.05, 3.63) is 29.3 Å². The van der Waals surface area contributed by atoms with Gasteiger partial charge >= 0.3 is 12.1 Å². The van der Waals surface area contributed by atoms with Gasteiger partial charge in [0.05, 0.1) is 6.54 Å².